The zero-order valence-electron chi connectivity index (χ0n) is 13.0. The fourth-order valence-corrected chi connectivity index (χ4v) is 5.17. The maximum absolute atomic E-state index is 13.1. The van der Waals surface area contributed by atoms with Crippen LogP contribution in [0.3, 0.4) is 0 Å². The Morgan fingerprint density at radius 3 is 2.27 bits per heavy atom. The van der Waals surface area contributed by atoms with Gasteiger partial charge in [0, 0.05) is 6.54 Å². The number of benzene rings is 2. The van der Waals surface area contributed by atoms with E-state index in [0.717, 1.165) is 29.5 Å². The summed E-state index contributed by atoms with van der Waals surface area (Å²) < 4.78 is 27.8. The van der Waals surface area contributed by atoms with E-state index in [4.69, 9.17) is 0 Å². The molecule has 3 rings (SSSR count). The molecule has 0 bridgehead atoms. The fourth-order valence-electron chi connectivity index (χ4n) is 3.27. The molecule has 0 aliphatic carbocycles. The minimum Gasteiger partial charge on any atom is -0.207 e. The van der Waals surface area contributed by atoms with Gasteiger partial charge < -0.3 is 0 Å². The third-order valence-corrected chi connectivity index (χ3v) is 6.50. The summed E-state index contributed by atoms with van der Waals surface area (Å²) in [6.45, 7) is 4.49. The highest BCUT2D eigenvalue weighted by Crippen LogP contribution is 2.38. The molecule has 1 aliphatic rings. The first-order valence-corrected chi connectivity index (χ1v) is 9.09. The number of sulfonamides is 1. The summed E-state index contributed by atoms with van der Waals surface area (Å²) in [7, 11) is -3.45. The molecular weight excluding hydrogens is 294 g/mol. The van der Waals surface area contributed by atoms with E-state index in [2.05, 4.69) is 0 Å². The van der Waals surface area contributed by atoms with Gasteiger partial charge >= 0.3 is 0 Å². The van der Waals surface area contributed by atoms with Gasteiger partial charge in [-0.3, -0.25) is 0 Å². The summed E-state index contributed by atoms with van der Waals surface area (Å²) in [4.78, 5) is 0.426. The van der Waals surface area contributed by atoms with E-state index in [-0.39, 0.29) is 6.04 Å². The van der Waals surface area contributed by atoms with Gasteiger partial charge in [-0.15, -0.1) is 0 Å². The molecule has 1 fully saturated rings. The predicted octanol–water partition coefficient (Wildman–Crippen LogP) is 3.83. The molecule has 0 N–H and O–H groups in total. The molecule has 1 unspecified atom stereocenters. The van der Waals surface area contributed by atoms with Crippen molar-refractivity contribution >= 4 is 10.0 Å². The summed E-state index contributed by atoms with van der Waals surface area (Å²) in [5.41, 5.74) is 3.08. The Balaban J connectivity index is 2.04. The molecule has 1 atom stereocenters. The summed E-state index contributed by atoms with van der Waals surface area (Å²) in [6, 6.07) is 15.2. The molecule has 0 radical (unpaired) electrons. The minimum absolute atomic E-state index is 0.0502. The van der Waals surface area contributed by atoms with E-state index >= 15 is 0 Å². The van der Waals surface area contributed by atoms with Crippen molar-refractivity contribution in [1.82, 2.24) is 4.31 Å². The first-order valence-electron chi connectivity index (χ1n) is 7.65. The van der Waals surface area contributed by atoms with Crippen LogP contribution in [0.25, 0.3) is 0 Å². The van der Waals surface area contributed by atoms with E-state index in [1.807, 2.05) is 50.2 Å². The zero-order chi connectivity index (χ0) is 15.7. The monoisotopic (exact) mass is 315 g/mol. The van der Waals surface area contributed by atoms with Crippen molar-refractivity contribution in [1.29, 1.82) is 0 Å². The molecule has 2 aromatic carbocycles. The normalized spacial score (nSPS) is 19.5. The Bertz CT molecular complexity index is 783. The average molecular weight is 315 g/mol. The highest BCUT2D eigenvalue weighted by Gasteiger charge is 2.37. The Kier molecular flexibility index (Phi) is 4.06. The van der Waals surface area contributed by atoms with Gasteiger partial charge in [0.05, 0.1) is 10.9 Å². The van der Waals surface area contributed by atoms with Gasteiger partial charge in [-0.05, 0) is 49.4 Å². The molecule has 0 spiro atoms. The van der Waals surface area contributed by atoms with E-state index in [9.17, 15) is 8.42 Å². The Labute approximate surface area is 132 Å². The fraction of sp³-hybridized carbons (Fsp3) is 0.333. The van der Waals surface area contributed by atoms with Crippen LogP contribution in [0, 0.1) is 13.8 Å². The molecule has 2 aromatic rings. The largest absolute Gasteiger partial charge is 0.243 e. The average Bonchev–Trinajstić information content (AvgIpc) is 2.98. The predicted molar refractivity (Wildman–Crippen MR) is 88.2 cm³/mol. The number of hydrogen-bond acceptors (Lipinski definition) is 2. The van der Waals surface area contributed by atoms with Gasteiger partial charge in [-0.2, -0.15) is 4.31 Å². The Hall–Kier alpha value is -1.65. The van der Waals surface area contributed by atoms with Crippen LogP contribution < -0.4 is 0 Å². The van der Waals surface area contributed by atoms with E-state index in [1.54, 1.807) is 16.4 Å². The number of hydrogen-bond donors (Lipinski definition) is 0. The smallest absolute Gasteiger partial charge is 0.207 e. The van der Waals surface area contributed by atoms with Crippen molar-refractivity contribution in [3.05, 3.63) is 65.2 Å². The maximum atomic E-state index is 13.1. The first-order chi connectivity index (χ1) is 10.5. The van der Waals surface area contributed by atoms with Crippen LogP contribution in [0.1, 0.15) is 35.6 Å². The van der Waals surface area contributed by atoms with Gasteiger partial charge in [-0.1, -0.05) is 42.5 Å². The molecule has 1 heterocycles. The van der Waals surface area contributed by atoms with Crippen molar-refractivity contribution in [2.45, 2.75) is 37.6 Å². The quantitative estimate of drug-likeness (QED) is 0.863. The van der Waals surface area contributed by atoms with E-state index < -0.39 is 10.0 Å². The SMILES string of the molecule is Cc1ccccc1C1CCCN1S(=O)(=O)c1ccccc1C. The zero-order valence-corrected chi connectivity index (χ0v) is 13.8. The summed E-state index contributed by atoms with van der Waals surface area (Å²) in [5, 5.41) is 0. The lowest BCUT2D eigenvalue weighted by molar-refractivity contribution is 0.395. The second-order valence-electron chi connectivity index (χ2n) is 5.90. The number of aryl methyl sites for hydroxylation is 2. The molecule has 1 saturated heterocycles. The van der Waals surface area contributed by atoms with Gasteiger partial charge in [0.15, 0.2) is 0 Å². The van der Waals surface area contributed by atoms with Crippen LogP contribution in [-0.4, -0.2) is 19.3 Å². The molecular formula is C18H21NO2S. The summed E-state index contributed by atoms with van der Waals surface area (Å²) in [6.07, 6.45) is 1.79. The number of rotatable bonds is 3. The molecule has 22 heavy (non-hydrogen) atoms. The third-order valence-electron chi connectivity index (χ3n) is 4.43. The first kappa shape index (κ1) is 15.3. The molecule has 0 amide bonds. The highest BCUT2D eigenvalue weighted by atomic mass is 32.2. The lowest BCUT2D eigenvalue weighted by atomic mass is 10.0. The minimum atomic E-state index is -3.45. The third kappa shape index (κ3) is 2.57. The van der Waals surface area contributed by atoms with Crippen LogP contribution in [0.5, 0.6) is 0 Å². The molecule has 0 aromatic heterocycles. The van der Waals surface area contributed by atoms with Gasteiger partial charge in [-0.25, -0.2) is 8.42 Å². The standard InChI is InChI=1S/C18H21NO2S/c1-14-8-3-5-10-16(14)17-11-7-13-19(17)22(20,21)18-12-6-4-9-15(18)2/h3-6,8-10,12,17H,7,11,13H2,1-2H3. The van der Waals surface area contributed by atoms with Crippen molar-refractivity contribution < 1.29 is 8.42 Å². The van der Waals surface area contributed by atoms with E-state index in [0.29, 0.717) is 11.4 Å². The lowest BCUT2D eigenvalue weighted by Crippen LogP contribution is -2.31. The van der Waals surface area contributed by atoms with Crippen molar-refractivity contribution in [2.75, 3.05) is 6.54 Å². The summed E-state index contributed by atoms with van der Waals surface area (Å²) >= 11 is 0. The van der Waals surface area contributed by atoms with Crippen molar-refractivity contribution in [2.24, 2.45) is 0 Å². The van der Waals surface area contributed by atoms with Crippen molar-refractivity contribution in [3.63, 3.8) is 0 Å². The lowest BCUT2D eigenvalue weighted by Gasteiger charge is -2.26. The summed E-state index contributed by atoms with van der Waals surface area (Å²) in [5.74, 6) is 0. The van der Waals surface area contributed by atoms with Gasteiger partial charge in [0.25, 0.3) is 0 Å². The molecule has 116 valence electrons. The van der Waals surface area contributed by atoms with Crippen LogP contribution >= 0.6 is 0 Å². The van der Waals surface area contributed by atoms with Crippen LogP contribution in [0.4, 0.5) is 0 Å². The van der Waals surface area contributed by atoms with Crippen LogP contribution in [0.2, 0.25) is 0 Å². The topological polar surface area (TPSA) is 37.4 Å². The van der Waals surface area contributed by atoms with Crippen LogP contribution in [0.15, 0.2) is 53.4 Å². The Morgan fingerprint density at radius 1 is 0.955 bits per heavy atom. The molecule has 4 heteroatoms. The van der Waals surface area contributed by atoms with E-state index in [1.165, 1.54) is 0 Å². The van der Waals surface area contributed by atoms with Gasteiger partial charge in [0.1, 0.15) is 0 Å². The van der Waals surface area contributed by atoms with Crippen molar-refractivity contribution in [3.8, 4) is 0 Å². The second kappa shape index (κ2) is 5.86. The maximum Gasteiger partial charge on any atom is 0.243 e. The molecule has 0 saturated carbocycles. The number of nitrogens with zero attached hydrogens (tertiary/aromatic N) is 1. The van der Waals surface area contributed by atoms with Gasteiger partial charge in [0.2, 0.25) is 10.0 Å². The molecule has 3 nitrogen and oxygen atoms in total. The Morgan fingerprint density at radius 2 is 1.59 bits per heavy atom. The molecule has 1 aliphatic heterocycles. The highest BCUT2D eigenvalue weighted by molar-refractivity contribution is 7.89. The van der Waals surface area contributed by atoms with Crippen LogP contribution in [-0.2, 0) is 10.0 Å². The second-order valence-corrected chi connectivity index (χ2v) is 7.75.